The van der Waals surface area contributed by atoms with Crippen molar-refractivity contribution in [3.8, 4) is 22.4 Å². The quantitative estimate of drug-likeness (QED) is 0.170. The van der Waals surface area contributed by atoms with Gasteiger partial charge >= 0.3 is 0 Å². The SMILES string of the molecule is Cl.N=C(NO)c1ccc(-c2ccc(-c3cn4cc(C(=N)NO)ccc4n3)cc2)cc1. The highest BCUT2D eigenvalue weighted by Gasteiger charge is 2.08. The van der Waals surface area contributed by atoms with Crippen molar-refractivity contribution >= 4 is 29.7 Å². The van der Waals surface area contributed by atoms with Crippen molar-refractivity contribution in [3.63, 3.8) is 0 Å². The summed E-state index contributed by atoms with van der Waals surface area (Å²) in [6.45, 7) is 0. The van der Waals surface area contributed by atoms with Crippen molar-refractivity contribution in [1.29, 1.82) is 10.8 Å². The van der Waals surface area contributed by atoms with Crippen molar-refractivity contribution in [2.75, 3.05) is 0 Å². The average Bonchev–Trinajstić information content (AvgIpc) is 3.21. The Morgan fingerprint density at radius 2 is 1.20 bits per heavy atom. The fourth-order valence-corrected chi connectivity index (χ4v) is 3.07. The lowest BCUT2D eigenvalue weighted by Crippen LogP contribution is -2.18. The first-order valence-electron chi connectivity index (χ1n) is 8.77. The van der Waals surface area contributed by atoms with Crippen LogP contribution in [0.1, 0.15) is 11.1 Å². The van der Waals surface area contributed by atoms with Crippen LogP contribution in [0, 0.1) is 10.8 Å². The maximum absolute atomic E-state index is 8.89. The lowest BCUT2D eigenvalue weighted by Gasteiger charge is -2.06. The van der Waals surface area contributed by atoms with Crippen molar-refractivity contribution in [3.05, 3.63) is 84.2 Å². The highest BCUT2D eigenvalue weighted by molar-refractivity contribution is 5.96. The highest BCUT2D eigenvalue weighted by Crippen LogP contribution is 2.25. The molecular weight excluding hydrogens is 404 g/mol. The molecule has 6 N–H and O–H groups in total. The maximum atomic E-state index is 8.89. The number of benzene rings is 2. The first-order chi connectivity index (χ1) is 14.1. The van der Waals surface area contributed by atoms with Gasteiger partial charge in [0.25, 0.3) is 0 Å². The summed E-state index contributed by atoms with van der Waals surface area (Å²) in [5.74, 6) is -0.130. The number of hydrogen-bond acceptors (Lipinski definition) is 5. The van der Waals surface area contributed by atoms with Gasteiger partial charge in [0.1, 0.15) is 11.5 Å². The molecule has 2 heterocycles. The van der Waals surface area contributed by atoms with Gasteiger partial charge < -0.3 is 4.40 Å². The Morgan fingerprint density at radius 3 is 1.80 bits per heavy atom. The first kappa shape index (κ1) is 21.0. The summed E-state index contributed by atoms with van der Waals surface area (Å²) in [5, 5.41) is 32.9. The molecule has 0 aliphatic carbocycles. The predicted octanol–water partition coefficient (Wildman–Crippen LogP) is 3.70. The molecule has 9 heteroatoms. The smallest absolute Gasteiger partial charge is 0.150 e. The van der Waals surface area contributed by atoms with Crippen LogP contribution in [-0.4, -0.2) is 31.5 Å². The summed E-state index contributed by atoms with van der Waals surface area (Å²) in [6.07, 6.45) is 3.60. The normalized spacial score (nSPS) is 10.3. The van der Waals surface area contributed by atoms with E-state index in [-0.39, 0.29) is 24.1 Å². The minimum absolute atomic E-state index is 0. The van der Waals surface area contributed by atoms with Crippen LogP contribution in [0.4, 0.5) is 0 Å². The Morgan fingerprint density at radius 1 is 0.700 bits per heavy atom. The number of hydrogen-bond donors (Lipinski definition) is 6. The zero-order chi connectivity index (χ0) is 20.4. The molecule has 4 rings (SSSR count). The van der Waals surface area contributed by atoms with E-state index in [0.717, 1.165) is 28.0 Å². The third kappa shape index (κ3) is 4.01. The molecule has 2 aromatic carbocycles. The van der Waals surface area contributed by atoms with Crippen LogP contribution in [0.2, 0.25) is 0 Å². The average molecular weight is 423 g/mol. The second kappa shape index (κ2) is 8.75. The summed E-state index contributed by atoms with van der Waals surface area (Å²) in [7, 11) is 0. The second-order valence-corrected chi connectivity index (χ2v) is 6.44. The molecule has 152 valence electrons. The van der Waals surface area contributed by atoms with E-state index >= 15 is 0 Å². The molecule has 0 atom stereocenters. The van der Waals surface area contributed by atoms with E-state index in [1.54, 1.807) is 30.5 Å². The van der Waals surface area contributed by atoms with Gasteiger partial charge in [0.05, 0.1) is 5.69 Å². The summed E-state index contributed by atoms with van der Waals surface area (Å²) in [5.41, 5.74) is 9.35. The minimum atomic E-state index is -0.0811. The van der Waals surface area contributed by atoms with E-state index in [1.165, 1.54) is 0 Å². The molecule has 0 radical (unpaired) electrons. The van der Waals surface area contributed by atoms with Gasteiger partial charge in [-0.1, -0.05) is 48.5 Å². The summed E-state index contributed by atoms with van der Waals surface area (Å²) in [4.78, 5) is 4.61. The van der Waals surface area contributed by atoms with Crippen molar-refractivity contribution in [1.82, 2.24) is 20.3 Å². The predicted molar refractivity (Wildman–Crippen MR) is 117 cm³/mol. The molecule has 0 unspecified atom stereocenters. The van der Waals surface area contributed by atoms with Crippen LogP contribution < -0.4 is 11.0 Å². The Bertz CT molecular complexity index is 1200. The van der Waals surface area contributed by atoms with Gasteiger partial charge in [-0.2, -0.15) is 0 Å². The van der Waals surface area contributed by atoms with Gasteiger partial charge in [-0.3, -0.25) is 32.2 Å². The molecule has 4 aromatic rings. The number of nitrogens with one attached hydrogen (secondary N) is 4. The molecule has 0 fully saturated rings. The van der Waals surface area contributed by atoms with Crippen LogP contribution in [0.15, 0.2) is 73.1 Å². The van der Waals surface area contributed by atoms with E-state index in [4.69, 9.17) is 21.2 Å². The standard InChI is InChI=1S/C21H18N6O2.ClH/c22-20(25-28)16-7-3-14(4-8-16)13-1-5-15(6-2-13)18-12-27-11-17(21(23)26-29)9-10-19(27)24-18;/h1-12,28-29H,(H2,22,25)(H2,23,26);1H. The first-order valence-corrected chi connectivity index (χ1v) is 8.77. The van der Waals surface area contributed by atoms with Crippen LogP contribution in [-0.2, 0) is 0 Å². The molecule has 0 bridgehead atoms. The number of nitrogens with zero attached hydrogens (tertiary/aromatic N) is 2. The second-order valence-electron chi connectivity index (χ2n) is 6.44. The molecule has 0 aliphatic heterocycles. The monoisotopic (exact) mass is 422 g/mol. The van der Waals surface area contributed by atoms with Gasteiger partial charge in [0.2, 0.25) is 0 Å². The van der Waals surface area contributed by atoms with Crippen molar-refractivity contribution in [2.24, 2.45) is 0 Å². The van der Waals surface area contributed by atoms with Crippen LogP contribution in [0.3, 0.4) is 0 Å². The lowest BCUT2D eigenvalue weighted by molar-refractivity contribution is 0.234. The van der Waals surface area contributed by atoms with Gasteiger partial charge in [-0.15, -0.1) is 12.4 Å². The van der Waals surface area contributed by atoms with Gasteiger partial charge in [-0.25, -0.2) is 4.98 Å². The maximum Gasteiger partial charge on any atom is 0.150 e. The van der Waals surface area contributed by atoms with Crippen LogP contribution in [0.25, 0.3) is 28.0 Å². The van der Waals surface area contributed by atoms with E-state index in [9.17, 15) is 0 Å². The molecular formula is C21H19ClN6O2. The van der Waals surface area contributed by atoms with Gasteiger partial charge in [-0.05, 0) is 23.3 Å². The number of pyridine rings is 1. The molecule has 0 saturated heterocycles. The fraction of sp³-hybridized carbons (Fsp3) is 0. The summed E-state index contributed by atoms with van der Waals surface area (Å²) in [6, 6.07) is 18.8. The minimum Gasteiger partial charge on any atom is -0.306 e. The van der Waals surface area contributed by atoms with Crippen LogP contribution >= 0.6 is 12.4 Å². The Labute approximate surface area is 178 Å². The Kier molecular flexibility index (Phi) is 6.12. The largest absolute Gasteiger partial charge is 0.306 e. The molecule has 30 heavy (non-hydrogen) atoms. The molecule has 2 aromatic heterocycles. The Hall–Kier alpha value is -3.72. The number of aromatic nitrogens is 2. The number of amidine groups is 2. The number of rotatable bonds is 4. The highest BCUT2D eigenvalue weighted by atomic mass is 35.5. The molecule has 8 nitrogen and oxygen atoms in total. The molecule has 0 spiro atoms. The number of halogens is 1. The Balaban J connectivity index is 0.00000256. The third-order valence-corrected chi connectivity index (χ3v) is 4.65. The zero-order valence-corrected chi connectivity index (χ0v) is 16.4. The molecule has 0 amide bonds. The van der Waals surface area contributed by atoms with Gasteiger partial charge in [0.15, 0.2) is 5.84 Å². The number of fused-ring (bicyclic) bond motifs is 1. The van der Waals surface area contributed by atoms with Crippen LogP contribution in [0.5, 0.6) is 0 Å². The molecule has 0 saturated carbocycles. The topological polar surface area (TPSA) is 130 Å². The van der Waals surface area contributed by atoms with Crippen molar-refractivity contribution in [2.45, 2.75) is 0 Å². The zero-order valence-electron chi connectivity index (χ0n) is 15.6. The van der Waals surface area contributed by atoms with E-state index in [1.807, 2.05) is 58.0 Å². The van der Waals surface area contributed by atoms with Crippen molar-refractivity contribution < 1.29 is 10.4 Å². The van der Waals surface area contributed by atoms with E-state index in [0.29, 0.717) is 11.1 Å². The number of hydroxylamine groups is 2. The summed E-state index contributed by atoms with van der Waals surface area (Å²) >= 11 is 0. The fourth-order valence-electron chi connectivity index (χ4n) is 3.07. The van der Waals surface area contributed by atoms with E-state index < -0.39 is 0 Å². The van der Waals surface area contributed by atoms with Gasteiger partial charge in [0, 0.05) is 29.1 Å². The number of imidazole rings is 1. The third-order valence-electron chi connectivity index (χ3n) is 4.65. The lowest BCUT2D eigenvalue weighted by atomic mass is 10.0. The molecule has 0 aliphatic rings. The summed E-state index contributed by atoms with van der Waals surface area (Å²) < 4.78 is 1.81. The van der Waals surface area contributed by atoms with E-state index in [2.05, 4.69) is 4.98 Å².